The van der Waals surface area contributed by atoms with Crippen molar-refractivity contribution in [3.05, 3.63) is 36.9 Å². The van der Waals surface area contributed by atoms with Gasteiger partial charge in [-0.2, -0.15) is 5.10 Å². The van der Waals surface area contributed by atoms with E-state index in [1.54, 1.807) is 24.1 Å². The number of fused-ring (bicyclic) bond motifs is 1. The Labute approximate surface area is 122 Å². The minimum atomic E-state index is -0.739. The van der Waals surface area contributed by atoms with E-state index in [0.29, 0.717) is 0 Å². The van der Waals surface area contributed by atoms with Crippen molar-refractivity contribution < 1.29 is 4.79 Å². The van der Waals surface area contributed by atoms with Crippen molar-refractivity contribution in [3.8, 4) is 11.1 Å². The van der Waals surface area contributed by atoms with Gasteiger partial charge in [0, 0.05) is 36.6 Å². The molecule has 0 spiro atoms. The lowest BCUT2D eigenvalue weighted by atomic mass is 10.0. The highest BCUT2D eigenvalue weighted by Gasteiger charge is 2.29. The van der Waals surface area contributed by atoms with E-state index in [1.165, 1.54) is 0 Å². The molecule has 0 aliphatic heterocycles. The van der Waals surface area contributed by atoms with Crippen LogP contribution in [0.3, 0.4) is 0 Å². The molecule has 108 valence electrons. The fourth-order valence-corrected chi connectivity index (χ4v) is 2.39. The summed E-state index contributed by atoms with van der Waals surface area (Å²) in [6, 6.07) is 3.93. The number of carbonyl (C=O) groups excluding carboxylic acids is 1. The van der Waals surface area contributed by atoms with Crippen molar-refractivity contribution >= 4 is 16.9 Å². The van der Waals surface area contributed by atoms with Gasteiger partial charge in [0.25, 0.3) is 0 Å². The van der Waals surface area contributed by atoms with Crippen LogP contribution in [0.25, 0.3) is 22.2 Å². The lowest BCUT2D eigenvalue weighted by molar-refractivity contribution is -0.128. The number of nitrogens with one attached hydrogen (secondary N) is 2. The number of hydrogen-bond donors (Lipinski definition) is 2. The Bertz CT molecular complexity index is 799. The normalized spacial score (nSPS) is 11.8. The number of H-pyrrole nitrogens is 1. The third-order valence-electron chi connectivity index (χ3n) is 3.71. The molecule has 0 saturated heterocycles. The standard InChI is InChI=1S/C15H17N5O/c1-15(2,14(21)16-3)20-9-10(8-19-20)11-4-6-17-13-12(11)5-7-18-13/h4-9H,1-3H3,(H,16,21)(H,17,18). The molecule has 3 heterocycles. The van der Waals surface area contributed by atoms with Crippen LogP contribution in [0, 0.1) is 0 Å². The van der Waals surface area contributed by atoms with Crippen LogP contribution < -0.4 is 5.32 Å². The molecule has 0 unspecified atom stereocenters. The number of nitrogens with zero attached hydrogens (tertiary/aromatic N) is 3. The molecule has 2 N–H and O–H groups in total. The fraction of sp³-hybridized carbons (Fsp3) is 0.267. The van der Waals surface area contributed by atoms with E-state index in [4.69, 9.17) is 0 Å². The van der Waals surface area contributed by atoms with Crippen molar-refractivity contribution in [2.75, 3.05) is 7.05 Å². The number of aromatic amines is 1. The predicted octanol–water partition coefficient (Wildman–Crippen LogP) is 1.91. The van der Waals surface area contributed by atoms with Gasteiger partial charge in [-0.3, -0.25) is 9.48 Å². The second kappa shape index (κ2) is 4.73. The van der Waals surface area contributed by atoms with Crippen LogP contribution in [0.15, 0.2) is 36.9 Å². The molecule has 0 saturated carbocycles. The first kappa shape index (κ1) is 13.4. The summed E-state index contributed by atoms with van der Waals surface area (Å²) in [6.45, 7) is 3.67. The second-order valence-corrected chi connectivity index (χ2v) is 5.41. The molecular weight excluding hydrogens is 266 g/mol. The van der Waals surface area contributed by atoms with Gasteiger partial charge in [0.1, 0.15) is 11.2 Å². The first-order chi connectivity index (χ1) is 10.0. The van der Waals surface area contributed by atoms with Crippen LogP contribution in [-0.2, 0) is 10.3 Å². The lowest BCUT2D eigenvalue weighted by Gasteiger charge is -2.23. The number of likely N-dealkylation sites (N-methyl/N-ethyl adjacent to an activating group) is 1. The third-order valence-corrected chi connectivity index (χ3v) is 3.71. The van der Waals surface area contributed by atoms with E-state index in [0.717, 1.165) is 22.2 Å². The maximum absolute atomic E-state index is 12.0. The van der Waals surface area contributed by atoms with Gasteiger partial charge in [-0.15, -0.1) is 0 Å². The van der Waals surface area contributed by atoms with Crippen LogP contribution in [-0.4, -0.2) is 32.7 Å². The van der Waals surface area contributed by atoms with Crippen LogP contribution in [0.5, 0.6) is 0 Å². The maximum Gasteiger partial charge on any atom is 0.247 e. The first-order valence-electron chi connectivity index (χ1n) is 6.74. The molecule has 0 aliphatic rings. The van der Waals surface area contributed by atoms with Crippen molar-refractivity contribution in [1.29, 1.82) is 0 Å². The number of pyridine rings is 1. The smallest absolute Gasteiger partial charge is 0.247 e. The van der Waals surface area contributed by atoms with E-state index in [-0.39, 0.29) is 5.91 Å². The molecule has 21 heavy (non-hydrogen) atoms. The van der Waals surface area contributed by atoms with Gasteiger partial charge >= 0.3 is 0 Å². The number of rotatable bonds is 3. The van der Waals surface area contributed by atoms with Gasteiger partial charge in [-0.25, -0.2) is 4.98 Å². The van der Waals surface area contributed by atoms with Crippen molar-refractivity contribution in [3.63, 3.8) is 0 Å². The summed E-state index contributed by atoms with van der Waals surface area (Å²) in [5.41, 5.74) is 2.10. The molecule has 0 aromatic carbocycles. The zero-order valence-corrected chi connectivity index (χ0v) is 12.2. The van der Waals surface area contributed by atoms with Gasteiger partial charge in [0.05, 0.1) is 6.20 Å². The summed E-state index contributed by atoms with van der Waals surface area (Å²) in [6.07, 6.45) is 7.28. The zero-order valence-electron chi connectivity index (χ0n) is 12.2. The molecule has 1 amide bonds. The number of hydrogen-bond acceptors (Lipinski definition) is 3. The lowest BCUT2D eigenvalue weighted by Crippen LogP contribution is -2.43. The predicted molar refractivity (Wildman–Crippen MR) is 80.7 cm³/mol. The monoisotopic (exact) mass is 283 g/mol. The molecule has 3 aromatic heterocycles. The first-order valence-corrected chi connectivity index (χ1v) is 6.74. The SMILES string of the molecule is CNC(=O)C(C)(C)n1cc(-c2ccnc3[nH]ccc23)cn1. The Kier molecular flexibility index (Phi) is 3.01. The van der Waals surface area contributed by atoms with Crippen LogP contribution in [0.4, 0.5) is 0 Å². The summed E-state index contributed by atoms with van der Waals surface area (Å²) in [5, 5.41) is 8.05. The van der Waals surface area contributed by atoms with Gasteiger partial charge in [-0.1, -0.05) is 0 Å². The van der Waals surface area contributed by atoms with E-state index < -0.39 is 5.54 Å². The average molecular weight is 283 g/mol. The molecule has 0 aliphatic carbocycles. The van der Waals surface area contributed by atoms with Crippen molar-refractivity contribution in [2.45, 2.75) is 19.4 Å². The van der Waals surface area contributed by atoms with Crippen LogP contribution in [0.1, 0.15) is 13.8 Å². The van der Waals surface area contributed by atoms with Gasteiger partial charge in [0.15, 0.2) is 0 Å². The highest BCUT2D eigenvalue weighted by Crippen LogP contribution is 2.28. The molecule has 6 heteroatoms. The van der Waals surface area contributed by atoms with E-state index >= 15 is 0 Å². The largest absolute Gasteiger partial charge is 0.357 e. The minimum Gasteiger partial charge on any atom is -0.357 e. The highest BCUT2D eigenvalue weighted by molar-refractivity contribution is 5.92. The molecule has 0 bridgehead atoms. The quantitative estimate of drug-likeness (QED) is 0.771. The summed E-state index contributed by atoms with van der Waals surface area (Å²) in [5.74, 6) is -0.0846. The molecule has 3 aromatic rings. The molecule has 0 radical (unpaired) electrons. The average Bonchev–Trinajstić information content (AvgIpc) is 3.14. The molecule has 0 fully saturated rings. The molecule has 6 nitrogen and oxygen atoms in total. The van der Waals surface area contributed by atoms with E-state index in [2.05, 4.69) is 20.4 Å². The fourth-order valence-electron chi connectivity index (χ4n) is 2.39. The Balaban J connectivity index is 2.06. The van der Waals surface area contributed by atoms with Gasteiger partial charge < -0.3 is 10.3 Å². The van der Waals surface area contributed by atoms with Crippen molar-refractivity contribution in [2.24, 2.45) is 0 Å². The van der Waals surface area contributed by atoms with Gasteiger partial charge in [-0.05, 0) is 31.5 Å². The second-order valence-electron chi connectivity index (χ2n) is 5.41. The highest BCUT2D eigenvalue weighted by atomic mass is 16.2. The summed E-state index contributed by atoms with van der Waals surface area (Å²) in [7, 11) is 1.63. The Morgan fingerprint density at radius 3 is 2.95 bits per heavy atom. The van der Waals surface area contributed by atoms with Gasteiger partial charge in [0.2, 0.25) is 5.91 Å². The Morgan fingerprint density at radius 2 is 2.19 bits per heavy atom. The molecule has 3 rings (SSSR count). The minimum absolute atomic E-state index is 0.0846. The van der Waals surface area contributed by atoms with Crippen LogP contribution >= 0.6 is 0 Å². The third kappa shape index (κ3) is 2.08. The Morgan fingerprint density at radius 1 is 1.38 bits per heavy atom. The van der Waals surface area contributed by atoms with Crippen molar-refractivity contribution in [1.82, 2.24) is 25.1 Å². The maximum atomic E-state index is 12.0. The molecular formula is C15H17N5O. The zero-order chi connectivity index (χ0) is 15.0. The van der Waals surface area contributed by atoms with E-state index in [1.807, 2.05) is 38.4 Å². The number of aromatic nitrogens is 4. The van der Waals surface area contributed by atoms with Crippen LogP contribution in [0.2, 0.25) is 0 Å². The number of amides is 1. The summed E-state index contributed by atoms with van der Waals surface area (Å²) < 4.78 is 1.68. The molecule has 0 atom stereocenters. The van der Waals surface area contributed by atoms with E-state index in [9.17, 15) is 4.79 Å². The summed E-state index contributed by atoms with van der Waals surface area (Å²) >= 11 is 0. The number of carbonyl (C=O) groups is 1. The topological polar surface area (TPSA) is 75.6 Å². The Hall–Kier alpha value is -2.63. The summed E-state index contributed by atoms with van der Waals surface area (Å²) in [4.78, 5) is 19.3.